The number of halogens is 1. The minimum Gasteiger partial charge on any atom is -0.465 e. The first-order chi connectivity index (χ1) is 21.0. The lowest BCUT2D eigenvalue weighted by Gasteiger charge is -2.60. The van der Waals surface area contributed by atoms with Gasteiger partial charge in [0, 0.05) is 5.41 Å². The zero-order valence-electron chi connectivity index (χ0n) is 25.7. The number of methoxy groups -OCH3 is 1. The lowest BCUT2D eigenvalue weighted by atomic mass is 9.45. The molecular formula is C34H41FN2O7. The van der Waals surface area contributed by atoms with Gasteiger partial charge in [0.2, 0.25) is 0 Å². The van der Waals surface area contributed by atoms with Crippen LogP contribution in [0, 0.1) is 34.4 Å². The maximum atomic E-state index is 14.4. The number of aromatic nitrogens is 2. The predicted molar refractivity (Wildman–Crippen MR) is 157 cm³/mol. The van der Waals surface area contributed by atoms with Crippen molar-refractivity contribution in [3.8, 4) is 5.69 Å². The van der Waals surface area contributed by atoms with E-state index in [1.165, 1.54) is 24.8 Å². The van der Waals surface area contributed by atoms with Crippen molar-refractivity contribution in [2.75, 3.05) is 13.7 Å². The van der Waals surface area contributed by atoms with Crippen LogP contribution in [-0.2, 0) is 25.4 Å². The number of hydrogen-bond acceptors (Lipinski definition) is 8. The minimum atomic E-state index is -1.26. The summed E-state index contributed by atoms with van der Waals surface area (Å²) in [4.78, 5) is 25.7. The highest BCUT2D eigenvalue weighted by Gasteiger charge is 2.75. The smallest absolute Gasteiger partial charge is 0.340 e. The molecule has 1 saturated heterocycles. The molecule has 1 aromatic carbocycles. The molecule has 7 rings (SSSR count). The number of nitrogens with zero attached hydrogens (tertiary/aromatic N) is 2. The van der Waals surface area contributed by atoms with E-state index in [2.05, 4.69) is 25.0 Å². The molecule has 4 fully saturated rings. The number of rotatable bonds is 6. The average molecular weight is 609 g/mol. The van der Waals surface area contributed by atoms with Crippen molar-refractivity contribution in [2.24, 2.45) is 28.6 Å². The Labute approximate surface area is 256 Å². The summed E-state index contributed by atoms with van der Waals surface area (Å²) in [6, 6.07) is 4.30. The number of carbonyl (C=O) groups excluding carboxylic acids is 2. The molecule has 0 amide bonds. The third-order valence-corrected chi connectivity index (χ3v) is 11.9. The fourth-order valence-electron chi connectivity index (χ4n) is 10.1. The van der Waals surface area contributed by atoms with Crippen LogP contribution in [-0.4, -0.2) is 69.6 Å². The van der Waals surface area contributed by atoms with E-state index in [1.54, 1.807) is 10.7 Å². The summed E-state index contributed by atoms with van der Waals surface area (Å²) >= 11 is 0. The Morgan fingerprint density at radius 2 is 2.07 bits per heavy atom. The molecule has 0 spiro atoms. The number of carbonyl (C=O) groups is 2. The van der Waals surface area contributed by atoms with E-state index in [1.807, 2.05) is 13.1 Å². The van der Waals surface area contributed by atoms with Crippen LogP contribution in [0.5, 0.6) is 0 Å². The number of ketones is 1. The number of allylic oxidation sites excluding steroid dienone is 1. The van der Waals surface area contributed by atoms with E-state index in [0.29, 0.717) is 31.4 Å². The number of hydrogen-bond donors (Lipinski definition) is 2. The Morgan fingerprint density at radius 3 is 2.80 bits per heavy atom. The number of benzene rings is 1. The van der Waals surface area contributed by atoms with E-state index in [-0.39, 0.29) is 34.5 Å². The van der Waals surface area contributed by atoms with E-state index in [4.69, 9.17) is 14.2 Å². The Balaban J connectivity index is 1.23. The fourth-order valence-corrected chi connectivity index (χ4v) is 10.1. The van der Waals surface area contributed by atoms with Gasteiger partial charge in [-0.1, -0.05) is 32.8 Å². The second-order valence-electron chi connectivity index (χ2n) is 13.9. The van der Waals surface area contributed by atoms with Gasteiger partial charge >= 0.3 is 5.97 Å². The first-order valence-corrected chi connectivity index (χ1v) is 15.8. The van der Waals surface area contributed by atoms with Gasteiger partial charge in [-0.15, -0.1) is 0 Å². The van der Waals surface area contributed by atoms with Crippen LogP contribution >= 0.6 is 0 Å². The highest BCUT2D eigenvalue weighted by atomic mass is 19.1. The van der Waals surface area contributed by atoms with E-state index in [0.717, 1.165) is 30.5 Å². The molecule has 44 heavy (non-hydrogen) atoms. The predicted octanol–water partition coefficient (Wildman–Crippen LogP) is 4.40. The molecule has 3 saturated carbocycles. The van der Waals surface area contributed by atoms with Crippen LogP contribution in [0.1, 0.15) is 80.9 Å². The molecular weight excluding hydrogens is 567 g/mol. The van der Waals surface area contributed by atoms with Gasteiger partial charge in [0.05, 0.1) is 42.5 Å². The largest absolute Gasteiger partial charge is 0.465 e. The Bertz CT molecular complexity index is 1550. The van der Waals surface area contributed by atoms with Crippen LogP contribution in [0.3, 0.4) is 0 Å². The topological polar surface area (TPSA) is 120 Å². The zero-order chi connectivity index (χ0) is 31.2. The van der Waals surface area contributed by atoms with E-state index < -0.39 is 47.9 Å². The van der Waals surface area contributed by atoms with Gasteiger partial charge in [0.25, 0.3) is 0 Å². The van der Waals surface area contributed by atoms with E-state index in [9.17, 15) is 24.2 Å². The molecule has 0 bridgehead atoms. The summed E-state index contributed by atoms with van der Waals surface area (Å²) in [6.07, 6.45) is 7.33. The maximum Gasteiger partial charge on any atom is 0.340 e. The normalized spacial score (nSPS) is 38.6. The fraction of sp³-hybridized carbons (Fsp3) is 0.618. The SMILES string of the molecule is CCC[C@@H]1O[C@@H]2C[C@H]3[C@@H]4CCC5=Cc6c(cnn6-c6ccc(F)c(C(=O)OC)c6)C[C@]5(C)[C@H]4[C@@H](O)C[C@]3(C)[C@]2(C(=O)CO)O1. The van der Waals surface area contributed by atoms with Gasteiger partial charge < -0.3 is 24.4 Å². The number of aliphatic hydroxyl groups is 2. The number of ether oxygens (including phenoxy) is 3. The standard InChI is InChI=1S/C34H41FN2O7/c1-5-6-29-43-28-13-23-21-9-7-19-11-25-18(16-36-37(25)20-8-10-24(35)22(12-20)31(41)42-4)14-32(19,2)30(21)26(39)15-33(23,3)34(28,44-29)27(40)17-38/h8,10-12,16,21,23,26,28-30,38-39H,5-7,9,13-15,17H2,1-4H3/t21-,23-,26-,28+,29+,30+,32-,33-,34+/m0/s1. The molecule has 4 aliphatic carbocycles. The monoisotopic (exact) mass is 608 g/mol. The first-order valence-electron chi connectivity index (χ1n) is 15.8. The molecule has 9 nitrogen and oxygen atoms in total. The molecule has 0 radical (unpaired) electrons. The number of esters is 1. The molecule has 1 aromatic heterocycles. The van der Waals surface area contributed by atoms with Gasteiger partial charge in [0.15, 0.2) is 17.7 Å². The Morgan fingerprint density at radius 1 is 1.27 bits per heavy atom. The highest BCUT2D eigenvalue weighted by Crippen LogP contribution is 2.70. The lowest BCUT2D eigenvalue weighted by Crippen LogP contribution is -2.64. The summed E-state index contributed by atoms with van der Waals surface area (Å²) in [5, 5.41) is 26.8. The summed E-state index contributed by atoms with van der Waals surface area (Å²) < 4.78 is 33.8. The van der Waals surface area contributed by atoms with Crippen molar-refractivity contribution >= 4 is 17.8 Å². The Hall–Kier alpha value is -2.92. The molecule has 9 atom stereocenters. The minimum absolute atomic E-state index is 0.0413. The molecule has 2 N–H and O–H groups in total. The van der Waals surface area contributed by atoms with Crippen LogP contribution in [0.4, 0.5) is 4.39 Å². The van der Waals surface area contributed by atoms with Gasteiger partial charge in [-0.05, 0) is 91.5 Å². The first kappa shape index (κ1) is 29.8. The van der Waals surface area contributed by atoms with Gasteiger partial charge in [-0.3, -0.25) is 4.79 Å². The summed E-state index contributed by atoms with van der Waals surface area (Å²) in [7, 11) is 1.22. The quantitative estimate of drug-likeness (QED) is 0.463. The van der Waals surface area contributed by atoms with Crippen LogP contribution in [0.25, 0.3) is 11.8 Å². The van der Waals surface area contributed by atoms with Crippen molar-refractivity contribution in [2.45, 2.75) is 89.8 Å². The van der Waals surface area contributed by atoms with Gasteiger partial charge in [0.1, 0.15) is 12.4 Å². The Kier molecular flexibility index (Phi) is 6.97. The van der Waals surface area contributed by atoms with Gasteiger partial charge in [-0.2, -0.15) is 5.10 Å². The van der Waals surface area contributed by atoms with Crippen molar-refractivity contribution in [1.82, 2.24) is 9.78 Å². The highest BCUT2D eigenvalue weighted by molar-refractivity contribution is 5.91. The molecule has 1 aliphatic heterocycles. The molecule has 2 heterocycles. The molecule has 5 aliphatic rings. The third-order valence-electron chi connectivity index (χ3n) is 11.9. The van der Waals surface area contributed by atoms with Crippen molar-refractivity contribution in [3.05, 3.63) is 52.6 Å². The molecule has 2 aromatic rings. The molecule has 10 heteroatoms. The van der Waals surface area contributed by atoms with Crippen LogP contribution in [0.15, 0.2) is 30.0 Å². The third kappa shape index (κ3) is 3.87. The maximum absolute atomic E-state index is 14.4. The number of aliphatic hydroxyl groups excluding tert-OH is 2. The summed E-state index contributed by atoms with van der Waals surface area (Å²) in [6.45, 7) is 5.75. The molecule has 236 valence electrons. The number of fused-ring (bicyclic) bond motifs is 8. The molecule has 0 unspecified atom stereocenters. The van der Waals surface area contributed by atoms with Crippen LogP contribution < -0.4 is 0 Å². The summed E-state index contributed by atoms with van der Waals surface area (Å²) in [5.74, 6) is -1.54. The number of Topliss-reactive ketones (excluding diaryl/α,β-unsaturated/α-hetero) is 1. The van der Waals surface area contributed by atoms with Crippen LogP contribution in [0.2, 0.25) is 0 Å². The summed E-state index contributed by atoms with van der Waals surface area (Å²) in [5.41, 5.74) is 1.31. The second kappa shape index (κ2) is 10.3. The zero-order valence-corrected chi connectivity index (χ0v) is 25.7. The van der Waals surface area contributed by atoms with E-state index >= 15 is 0 Å². The second-order valence-corrected chi connectivity index (χ2v) is 13.9. The van der Waals surface area contributed by atoms with Gasteiger partial charge in [-0.25, -0.2) is 13.9 Å². The lowest BCUT2D eigenvalue weighted by molar-refractivity contribution is -0.202. The van der Waals surface area contributed by atoms with Crippen molar-refractivity contribution in [1.29, 1.82) is 0 Å². The van der Waals surface area contributed by atoms with Crippen molar-refractivity contribution < 1.29 is 38.4 Å². The average Bonchev–Trinajstić information content (AvgIpc) is 3.64. The van der Waals surface area contributed by atoms with Crippen molar-refractivity contribution in [3.63, 3.8) is 0 Å².